The molecule has 0 spiro atoms. The first kappa shape index (κ1) is 22.9. The second-order valence-corrected chi connectivity index (χ2v) is 8.38. The number of rotatable bonds is 3. The fourth-order valence-corrected chi connectivity index (χ4v) is 3.33. The van der Waals surface area contributed by atoms with Gasteiger partial charge in [-0.2, -0.15) is 0 Å². The maximum Gasteiger partial charge on any atom is 0.410 e. The Morgan fingerprint density at radius 1 is 1.00 bits per heavy atom. The zero-order valence-electron chi connectivity index (χ0n) is 17.7. The van der Waals surface area contributed by atoms with Crippen LogP contribution in [0.15, 0.2) is 46.5 Å². The highest BCUT2D eigenvalue weighted by atomic mass is 32.2. The summed E-state index contributed by atoms with van der Waals surface area (Å²) in [5, 5.41) is 0. The van der Waals surface area contributed by atoms with E-state index in [0.29, 0.717) is 32.1 Å². The van der Waals surface area contributed by atoms with Crippen LogP contribution < -0.4 is 4.90 Å². The van der Waals surface area contributed by atoms with Gasteiger partial charge < -0.3 is 14.5 Å². The predicted octanol–water partition coefficient (Wildman–Crippen LogP) is 4.85. The van der Waals surface area contributed by atoms with Crippen LogP contribution in [0, 0.1) is 5.82 Å². The van der Waals surface area contributed by atoms with Crippen LogP contribution in [0.1, 0.15) is 34.6 Å². The minimum atomic E-state index is -0.491. The lowest BCUT2D eigenvalue weighted by Crippen LogP contribution is -2.50. The number of hydrogen-bond acceptors (Lipinski definition) is 6. The Kier molecular flexibility index (Phi) is 8.25. The molecule has 6 nitrogen and oxygen atoms in total. The molecule has 0 N–H and O–H groups in total. The van der Waals surface area contributed by atoms with Crippen molar-refractivity contribution in [1.82, 2.24) is 14.9 Å². The van der Waals surface area contributed by atoms with E-state index in [1.165, 1.54) is 23.9 Å². The van der Waals surface area contributed by atoms with Crippen molar-refractivity contribution >= 4 is 23.8 Å². The Hall–Kier alpha value is -2.35. The third kappa shape index (κ3) is 7.20. The molecule has 0 saturated carbocycles. The van der Waals surface area contributed by atoms with E-state index in [-0.39, 0.29) is 11.9 Å². The Morgan fingerprint density at radius 2 is 1.55 bits per heavy atom. The summed E-state index contributed by atoms with van der Waals surface area (Å²) in [6.07, 6.45) is 3.24. The molecule has 2 aromatic rings. The zero-order valence-corrected chi connectivity index (χ0v) is 18.5. The summed E-state index contributed by atoms with van der Waals surface area (Å²) in [5.74, 6) is 0.388. The number of amides is 1. The van der Waals surface area contributed by atoms with E-state index in [2.05, 4.69) is 9.97 Å². The third-order valence-electron chi connectivity index (χ3n) is 3.88. The second-order valence-electron chi connectivity index (χ2n) is 7.23. The minimum absolute atomic E-state index is 0.253. The first-order valence-corrected chi connectivity index (χ1v) is 10.6. The van der Waals surface area contributed by atoms with E-state index in [9.17, 15) is 9.18 Å². The van der Waals surface area contributed by atoms with E-state index in [0.717, 1.165) is 9.79 Å². The predicted molar refractivity (Wildman–Crippen MR) is 114 cm³/mol. The summed E-state index contributed by atoms with van der Waals surface area (Å²) in [6.45, 7) is 12.0. The molecular formula is C21H29FN4O2S. The number of carbonyl (C=O) groups excluding carboxylic acids is 1. The molecule has 3 rings (SSSR count). The number of anilines is 1. The molecule has 158 valence electrons. The van der Waals surface area contributed by atoms with Crippen LogP contribution in [0.2, 0.25) is 0 Å². The maximum absolute atomic E-state index is 13.0. The van der Waals surface area contributed by atoms with E-state index in [1.807, 2.05) is 39.5 Å². The summed E-state index contributed by atoms with van der Waals surface area (Å²) in [6, 6.07) is 6.32. The van der Waals surface area contributed by atoms with Gasteiger partial charge in [0.15, 0.2) is 0 Å². The normalized spacial score (nSPS) is 14.1. The van der Waals surface area contributed by atoms with E-state index in [1.54, 1.807) is 29.4 Å². The highest BCUT2D eigenvalue weighted by Crippen LogP contribution is 2.27. The maximum atomic E-state index is 13.0. The van der Waals surface area contributed by atoms with Gasteiger partial charge in [-0.3, -0.25) is 0 Å². The first-order chi connectivity index (χ1) is 13.8. The molecule has 1 fully saturated rings. The molecule has 1 amide bonds. The van der Waals surface area contributed by atoms with Gasteiger partial charge in [-0.1, -0.05) is 25.6 Å². The average molecular weight is 421 g/mol. The van der Waals surface area contributed by atoms with Crippen molar-refractivity contribution < 1.29 is 13.9 Å². The van der Waals surface area contributed by atoms with Crippen molar-refractivity contribution in [3.8, 4) is 0 Å². The Morgan fingerprint density at radius 3 is 2.07 bits per heavy atom. The van der Waals surface area contributed by atoms with Crippen molar-refractivity contribution in [3.63, 3.8) is 0 Å². The van der Waals surface area contributed by atoms with Crippen LogP contribution in [0.25, 0.3) is 0 Å². The highest BCUT2D eigenvalue weighted by molar-refractivity contribution is 7.99. The van der Waals surface area contributed by atoms with Gasteiger partial charge in [0.2, 0.25) is 5.95 Å². The molecule has 0 aliphatic carbocycles. The van der Waals surface area contributed by atoms with Gasteiger partial charge in [0.1, 0.15) is 11.4 Å². The Bertz CT molecular complexity index is 771. The monoisotopic (exact) mass is 420 g/mol. The summed E-state index contributed by atoms with van der Waals surface area (Å²) in [4.78, 5) is 26.6. The lowest BCUT2D eigenvalue weighted by atomic mass is 10.2. The Balaban J connectivity index is 0.00000145. The molecule has 8 heteroatoms. The number of halogens is 1. The van der Waals surface area contributed by atoms with Crippen LogP contribution in [0.4, 0.5) is 15.1 Å². The lowest BCUT2D eigenvalue weighted by Gasteiger charge is -2.35. The third-order valence-corrected chi connectivity index (χ3v) is 4.83. The first-order valence-electron chi connectivity index (χ1n) is 9.78. The SMILES string of the molecule is CC.CC(C)(C)OC(=O)N1CCN(c2ncc(Sc3ccc(F)cc3)cn2)CC1. The van der Waals surface area contributed by atoms with Crippen molar-refractivity contribution in [2.45, 2.75) is 50.0 Å². The fraction of sp³-hybridized carbons (Fsp3) is 0.476. The molecule has 1 aromatic carbocycles. The second kappa shape index (κ2) is 10.4. The van der Waals surface area contributed by atoms with Gasteiger partial charge in [-0.25, -0.2) is 19.2 Å². The smallest absolute Gasteiger partial charge is 0.410 e. The molecule has 0 atom stereocenters. The van der Waals surface area contributed by atoms with E-state index >= 15 is 0 Å². The van der Waals surface area contributed by atoms with Gasteiger partial charge in [0.25, 0.3) is 0 Å². The number of piperazine rings is 1. The summed E-state index contributed by atoms with van der Waals surface area (Å²) >= 11 is 1.48. The zero-order chi connectivity index (χ0) is 21.4. The van der Waals surface area contributed by atoms with Crippen LogP contribution in [-0.2, 0) is 4.74 Å². The van der Waals surface area contributed by atoms with Crippen LogP contribution in [-0.4, -0.2) is 52.7 Å². The van der Waals surface area contributed by atoms with Crippen molar-refractivity contribution in [1.29, 1.82) is 0 Å². The number of benzene rings is 1. The van der Waals surface area contributed by atoms with Gasteiger partial charge in [0.05, 0.1) is 0 Å². The fourth-order valence-electron chi connectivity index (χ4n) is 2.58. The molecule has 1 aliphatic heterocycles. The summed E-state index contributed by atoms with van der Waals surface area (Å²) in [7, 11) is 0. The van der Waals surface area contributed by atoms with E-state index < -0.39 is 5.60 Å². The molecule has 29 heavy (non-hydrogen) atoms. The molecular weight excluding hydrogens is 391 g/mol. The molecule has 1 aromatic heterocycles. The van der Waals surface area contributed by atoms with Crippen molar-refractivity contribution in [2.24, 2.45) is 0 Å². The topological polar surface area (TPSA) is 58.6 Å². The van der Waals surface area contributed by atoms with Gasteiger partial charge in [0, 0.05) is 48.4 Å². The summed E-state index contributed by atoms with van der Waals surface area (Å²) < 4.78 is 18.4. The quantitative estimate of drug-likeness (QED) is 0.707. The van der Waals surface area contributed by atoms with E-state index in [4.69, 9.17) is 4.74 Å². The molecule has 0 radical (unpaired) electrons. The van der Waals surface area contributed by atoms with Crippen LogP contribution in [0.3, 0.4) is 0 Å². The number of ether oxygens (including phenoxy) is 1. The van der Waals surface area contributed by atoms with Gasteiger partial charge in [-0.05, 0) is 45.0 Å². The van der Waals surface area contributed by atoms with Gasteiger partial charge >= 0.3 is 6.09 Å². The average Bonchev–Trinajstić information content (AvgIpc) is 2.71. The number of aromatic nitrogens is 2. The Labute approximate surface area is 176 Å². The lowest BCUT2D eigenvalue weighted by molar-refractivity contribution is 0.0240. The van der Waals surface area contributed by atoms with Gasteiger partial charge in [-0.15, -0.1) is 0 Å². The number of hydrogen-bond donors (Lipinski definition) is 0. The van der Waals surface area contributed by atoms with Crippen molar-refractivity contribution in [2.75, 3.05) is 31.1 Å². The van der Waals surface area contributed by atoms with Crippen molar-refractivity contribution in [3.05, 3.63) is 42.5 Å². The summed E-state index contributed by atoms with van der Waals surface area (Å²) in [5.41, 5.74) is -0.491. The van der Waals surface area contributed by atoms with Crippen LogP contribution >= 0.6 is 11.8 Å². The molecule has 0 unspecified atom stereocenters. The molecule has 2 heterocycles. The molecule has 0 bridgehead atoms. The van der Waals surface area contributed by atoms with Crippen LogP contribution in [0.5, 0.6) is 0 Å². The molecule has 1 aliphatic rings. The molecule has 1 saturated heterocycles. The number of carbonyl (C=O) groups is 1. The standard InChI is InChI=1S/C19H23FN4O2S.C2H6/c1-19(2,3)26-18(25)24-10-8-23(9-11-24)17-21-12-16(13-22-17)27-15-6-4-14(20)5-7-15;1-2/h4-7,12-13H,8-11H2,1-3H3;1-2H3. The highest BCUT2D eigenvalue weighted by Gasteiger charge is 2.26. The minimum Gasteiger partial charge on any atom is -0.444 e. The largest absolute Gasteiger partial charge is 0.444 e. The number of nitrogens with zero attached hydrogens (tertiary/aromatic N) is 4.